The number of ether oxygens (including phenoxy) is 1. The highest BCUT2D eigenvalue weighted by atomic mass is 19.1. The second kappa shape index (κ2) is 4.23. The van der Waals surface area contributed by atoms with Crippen molar-refractivity contribution in [2.75, 3.05) is 7.11 Å². The van der Waals surface area contributed by atoms with Crippen LogP contribution in [0.1, 0.15) is 32.0 Å². The Morgan fingerprint density at radius 2 is 1.93 bits per heavy atom. The minimum absolute atomic E-state index is 0.0579. The molecule has 0 aromatic carbocycles. The first-order chi connectivity index (χ1) is 6.88. The fourth-order valence-corrected chi connectivity index (χ4v) is 1.30. The Morgan fingerprint density at radius 1 is 1.33 bits per heavy atom. The molecule has 1 aromatic rings. The summed E-state index contributed by atoms with van der Waals surface area (Å²) in [7, 11) is 1.40. The Hall–Kier alpha value is -1.03. The van der Waals surface area contributed by atoms with Crippen molar-refractivity contribution in [2.24, 2.45) is 0 Å². The number of hydrogen-bond donors (Lipinski definition) is 0. The van der Waals surface area contributed by atoms with Gasteiger partial charge in [0.2, 0.25) is 0 Å². The first kappa shape index (κ1) is 12.0. The van der Waals surface area contributed by atoms with Crippen LogP contribution < -0.4 is 0 Å². The highest BCUT2D eigenvalue weighted by molar-refractivity contribution is 5.25. The largest absolute Gasteiger partial charge is 0.380 e. The molecule has 0 N–H and O–H groups in total. The molecule has 0 amide bonds. The zero-order valence-electron chi connectivity index (χ0n) is 9.40. The number of methoxy groups -OCH3 is 1. The van der Waals surface area contributed by atoms with Crippen LogP contribution in [-0.4, -0.2) is 12.1 Å². The van der Waals surface area contributed by atoms with Gasteiger partial charge in [-0.05, 0) is 0 Å². The fraction of sp³-hybridized carbons (Fsp3) is 0.545. The van der Waals surface area contributed by atoms with Gasteiger partial charge in [-0.3, -0.25) is 4.98 Å². The van der Waals surface area contributed by atoms with Crippen LogP contribution in [0.4, 0.5) is 8.78 Å². The minimum atomic E-state index is -0.664. The van der Waals surface area contributed by atoms with E-state index in [0.29, 0.717) is 0 Å². The van der Waals surface area contributed by atoms with Gasteiger partial charge in [-0.2, -0.15) is 0 Å². The first-order valence-electron chi connectivity index (χ1n) is 4.70. The lowest BCUT2D eigenvalue weighted by Crippen LogP contribution is -2.18. The Bertz CT molecular complexity index is 358. The van der Waals surface area contributed by atoms with Gasteiger partial charge in [0.05, 0.1) is 24.1 Å². The van der Waals surface area contributed by atoms with Crippen LogP contribution in [0.3, 0.4) is 0 Å². The van der Waals surface area contributed by atoms with E-state index in [4.69, 9.17) is 4.74 Å². The van der Waals surface area contributed by atoms with E-state index in [0.717, 1.165) is 6.20 Å². The lowest BCUT2D eigenvalue weighted by Gasteiger charge is -2.19. The summed E-state index contributed by atoms with van der Waals surface area (Å²) in [5, 5.41) is 0. The van der Waals surface area contributed by atoms with Gasteiger partial charge in [0.1, 0.15) is 5.82 Å². The molecule has 0 aliphatic carbocycles. The smallest absolute Gasteiger partial charge is 0.153 e. The third kappa shape index (κ3) is 2.50. The van der Waals surface area contributed by atoms with Crippen molar-refractivity contribution in [1.29, 1.82) is 0 Å². The van der Waals surface area contributed by atoms with Gasteiger partial charge in [-0.25, -0.2) is 8.78 Å². The highest BCUT2D eigenvalue weighted by Crippen LogP contribution is 2.26. The number of halogens is 2. The van der Waals surface area contributed by atoms with Crippen LogP contribution in [0.2, 0.25) is 0 Å². The predicted octanol–water partition coefficient (Wildman–Crippen LogP) is 2.80. The van der Waals surface area contributed by atoms with Gasteiger partial charge in [-0.1, -0.05) is 20.8 Å². The monoisotopic (exact) mass is 215 g/mol. The van der Waals surface area contributed by atoms with Crippen LogP contribution in [-0.2, 0) is 16.8 Å². The standard InChI is InChI=1S/C11H15F2NO/c1-11(2,3)10-9(13)7(6-15-4)8(12)5-14-10/h5H,6H2,1-4H3. The maximum atomic E-state index is 13.8. The van der Waals surface area contributed by atoms with E-state index in [9.17, 15) is 8.78 Å². The van der Waals surface area contributed by atoms with Crippen molar-refractivity contribution in [2.45, 2.75) is 32.8 Å². The van der Waals surface area contributed by atoms with Crippen molar-refractivity contribution in [3.05, 3.63) is 29.1 Å². The molecule has 0 aliphatic heterocycles. The van der Waals surface area contributed by atoms with E-state index in [-0.39, 0.29) is 17.9 Å². The maximum Gasteiger partial charge on any atom is 0.153 e. The maximum absolute atomic E-state index is 13.8. The van der Waals surface area contributed by atoms with Crippen LogP contribution >= 0.6 is 0 Å². The molecule has 0 fully saturated rings. The van der Waals surface area contributed by atoms with Crippen molar-refractivity contribution in [1.82, 2.24) is 4.98 Å². The second-order valence-corrected chi connectivity index (χ2v) is 4.43. The molecule has 15 heavy (non-hydrogen) atoms. The number of pyridine rings is 1. The Balaban J connectivity index is 3.28. The van der Waals surface area contributed by atoms with Crippen LogP contribution in [0.5, 0.6) is 0 Å². The molecule has 2 nitrogen and oxygen atoms in total. The number of nitrogens with zero attached hydrogens (tertiary/aromatic N) is 1. The van der Waals surface area contributed by atoms with Gasteiger partial charge < -0.3 is 4.74 Å². The average Bonchev–Trinajstić information content (AvgIpc) is 2.09. The minimum Gasteiger partial charge on any atom is -0.380 e. The molecule has 84 valence electrons. The number of rotatable bonds is 2. The average molecular weight is 215 g/mol. The molecule has 1 heterocycles. The molecule has 0 saturated heterocycles. The topological polar surface area (TPSA) is 22.1 Å². The molecule has 0 spiro atoms. The van der Waals surface area contributed by atoms with E-state index < -0.39 is 17.0 Å². The van der Waals surface area contributed by atoms with Gasteiger partial charge in [0.25, 0.3) is 0 Å². The number of aromatic nitrogens is 1. The summed E-state index contributed by atoms with van der Waals surface area (Å²) in [6.07, 6.45) is 1.04. The molecule has 0 saturated carbocycles. The molecule has 1 aromatic heterocycles. The molecular weight excluding hydrogens is 200 g/mol. The van der Waals surface area contributed by atoms with E-state index in [1.54, 1.807) is 0 Å². The Kier molecular flexibility index (Phi) is 3.39. The van der Waals surface area contributed by atoms with E-state index in [2.05, 4.69) is 4.98 Å². The molecule has 0 aliphatic rings. The lowest BCUT2D eigenvalue weighted by atomic mass is 9.90. The van der Waals surface area contributed by atoms with Crippen molar-refractivity contribution in [3.63, 3.8) is 0 Å². The molecular formula is C11H15F2NO. The van der Waals surface area contributed by atoms with E-state index >= 15 is 0 Å². The van der Waals surface area contributed by atoms with E-state index in [1.807, 2.05) is 20.8 Å². The number of hydrogen-bond acceptors (Lipinski definition) is 2. The summed E-state index contributed by atoms with van der Waals surface area (Å²) in [5.74, 6) is -1.27. The van der Waals surface area contributed by atoms with Crippen LogP contribution in [0.15, 0.2) is 6.20 Å². The SMILES string of the molecule is COCc1c(F)cnc(C(C)(C)C)c1F. The molecule has 1 rings (SSSR count). The molecule has 0 unspecified atom stereocenters. The third-order valence-electron chi connectivity index (χ3n) is 2.07. The summed E-state index contributed by atoms with van der Waals surface area (Å²) < 4.78 is 31.8. The van der Waals surface area contributed by atoms with Gasteiger partial charge >= 0.3 is 0 Å². The zero-order valence-corrected chi connectivity index (χ0v) is 9.40. The Morgan fingerprint density at radius 3 is 2.40 bits per heavy atom. The normalized spacial score (nSPS) is 11.9. The van der Waals surface area contributed by atoms with Crippen LogP contribution in [0, 0.1) is 11.6 Å². The van der Waals surface area contributed by atoms with Crippen molar-refractivity contribution < 1.29 is 13.5 Å². The lowest BCUT2D eigenvalue weighted by molar-refractivity contribution is 0.176. The quantitative estimate of drug-likeness (QED) is 0.756. The van der Waals surface area contributed by atoms with Gasteiger partial charge in [0, 0.05) is 12.5 Å². The Labute approximate surface area is 88.3 Å². The summed E-state index contributed by atoms with van der Waals surface area (Å²) in [4.78, 5) is 3.79. The molecule has 0 radical (unpaired) electrons. The highest BCUT2D eigenvalue weighted by Gasteiger charge is 2.24. The van der Waals surface area contributed by atoms with Crippen molar-refractivity contribution >= 4 is 0 Å². The third-order valence-corrected chi connectivity index (χ3v) is 2.07. The molecule has 0 bridgehead atoms. The van der Waals surface area contributed by atoms with Crippen LogP contribution in [0.25, 0.3) is 0 Å². The second-order valence-electron chi connectivity index (χ2n) is 4.43. The summed E-state index contributed by atoms with van der Waals surface area (Å²) in [5.41, 5.74) is -0.242. The zero-order chi connectivity index (χ0) is 11.6. The first-order valence-corrected chi connectivity index (χ1v) is 4.70. The fourth-order valence-electron chi connectivity index (χ4n) is 1.30. The summed E-state index contributed by atoms with van der Waals surface area (Å²) >= 11 is 0. The molecule has 0 atom stereocenters. The summed E-state index contributed by atoms with van der Waals surface area (Å²) in [6.45, 7) is 5.40. The molecule has 4 heteroatoms. The van der Waals surface area contributed by atoms with Crippen molar-refractivity contribution in [3.8, 4) is 0 Å². The van der Waals surface area contributed by atoms with Gasteiger partial charge in [-0.15, -0.1) is 0 Å². The summed E-state index contributed by atoms with van der Waals surface area (Å²) in [6, 6.07) is 0. The van der Waals surface area contributed by atoms with Gasteiger partial charge in [0.15, 0.2) is 5.82 Å². The van der Waals surface area contributed by atoms with E-state index in [1.165, 1.54) is 7.11 Å². The predicted molar refractivity (Wildman–Crippen MR) is 53.6 cm³/mol.